The van der Waals surface area contributed by atoms with Crippen LogP contribution >= 0.6 is 0 Å². The summed E-state index contributed by atoms with van der Waals surface area (Å²) in [6.45, 7) is 0.997. The van der Waals surface area contributed by atoms with Crippen LogP contribution in [0.15, 0.2) is 97.1 Å². The molecule has 0 spiro atoms. The van der Waals surface area contributed by atoms with Crippen LogP contribution in [0.5, 0.6) is 11.5 Å². The van der Waals surface area contributed by atoms with Crippen LogP contribution in [0.25, 0.3) is 0 Å². The van der Waals surface area contributed by atoms with Crippen LogP contribution in [-0.4, -0.2) is 28.0 Å². The van der Waals surface area contributed by atoms with Crippen LogP contribution < -0.4 is 0 Å². The van der Waals surface area contributed by atoms with Gasteiger partial charge in [0.25, 0.3) is 0 Å². The van der Waals surface area contributed by atoms with Crippen molar-refractivity contribution in [3.05, 3.63) is 130 Å². The Labute approximate surface area is 218 Å². The van der Waals surface area contributed by atoms with Crippen molar-refractivity contribution in [3.8, 4) is 11.5 Å². The zero-order chi connectivity index (χ0) is 27.5. The molecule has 2 N–H and O–H groups in total. The van der Waals surface area contributed by atoms with Crippen molar-refractivity contribution in [3.63, 3.8) is 0 Å². The molecular formula is C31H25F3O4. The molecule has 4 aromatic carbocycles. The maximum atomic E-state index is 14.7. The number of benzene rings is 4. The van der Waals surface area contributed by atoms with Gasteiger partial charge < -0.3 is 10.2 Å². The van der Waals surface area contributed by atoms with Crippen molar-refractivity contribution < 1.29 is 33.0 Å². The molecule has 4 rings (SSSR count). The summed E-state index contributed by atoms with van der Waals surface area (Å²) >= 11 is 0. The van der Waals surface area contributed by atoms with Crippen molar-refractivity contribution in [2.75, 3.05) is 0 Å². The number of Topliss-reactive ketones (excluding diaryl/α,β-unsaturated/α-hetero) is 2. The number of hydrogen-bond donors (Lipinski definition) is 2. The molecule has 0 atom stereocenters. The smallest absolute Gasteiger partial charge is 0.402 e. The van der Waals surface area contributed by atoms with Gasteiger partial charge in [0.05, 0.1) is 0 Å². The fraction of sp³-hybridized carbons (Fsp3) is 0.161. The predicted octanol–water partition coefficient (Wildman–Crippen LogP) is 6.82. The Balaban J connectivity index is 1.74. The number of alkyl halides is 3. The summed E-state index contributed by atoms with van der Waals surface area (Å²) in [5.74, 6) is -1.28. The Kier molecular flexibility index (Phi) is 7.39. The zero-order valence-corrected chi connectivity index (χ0v) is 20.5. The van der Waals surface area contributed by atoms with Gasteiger partial charge in [-0.15, -0.1) is 0 Å². The van der Waals surface area contributed by atoms with E-state index in [4.69, 9.17) is 0 Å². The number of halogens is 3. The third kappa shape index (κ3) is 5.32. The molecule has 0 radical (unpaired) electrons. The van der Waals surface area contributed by atoms with Gasteiger partial charge in [-0.05, 0) is 30.2 Å². The molecule has 0 aliphatic rings. The monoisotopic (exact) mass is 518 g/mol. The van der Waals surface area contributed by atoms with Crippen molar-refractivity contribution in [1.82, 2.24) is 0 Å². The second-order valence-corrected chi connectivity index (χ2v) is 9.24. The second-order valence-electron chi connectivity index (χ2n) is 9.24. The molecule has 0 fully saturated rings. The summed E-state index contributed by atoms with van der Waals surface area (Å²) in [4.78, 5) is 25.4. The summed E-state index contributed by atoms with van der Waals surface area (Å²) < 4.78 is 44.2. The van der Waals surface area contributed by atoms with Gasteiger partial charge in [-0.1, -0.05) is 84.9 Å². The van der Waals surface area contributed by atoms with Crippen molar-refractivity contribution >= 4 is 11.6 Å². The van der Waals surface area contributed by atoms with Gasteiger partial charge in [-0.2, -0.15) is 13.2 Å². The molecular weight excluding hydrogens is 493 g/mol. The third-order valence-electron chi connectivity index (χ3n) is 6.77. The van der Waals surface area contributed by atoms with E-state index in [1.165, 1.54) is 24.3 Å². The fourth-order valence-electron chi connectivity index (χ4n) is 4.37. The third-order valence-corrected chi connectivity index (χ3v) is 6.77. The molecule has 0 aliphatic carbocycles. The van der Waals surface area contributed by atoms with Crippen LogP contribution in [-0.2, 0) is 18.3 Å². The summed E-state index contributed by atoms with van der Waals surface area (Å²) in [6.07, 6.45) is -5.36. The lowest BCUT2D eigenvalue weighted by atomic mass is 9.74. The molecule has 4 nitrogen and oxygen atoms in total. The maximum absolute atomic E-state index is 14.7. The SMILES string of the molecule is CC(c1ccc(O)c(CC(=O)c2ccccc2)c1)(c1ccc(O)c(CC(=O)c2ccccc2)c1)C(F)(F)F. The van der Waals surface area contributed by atoms with E-state index in [2.05, 4.69) is 0 Å². The van der Waals surface area contributed by atoms with E-state index in [1.54, 1.807) is 60.7 Å². The fourth-order valence-corrected chi connectivity index (χ4v) is 4.37. The molecule has 0 saturated heterocycles. The van der Waals surface area contributed by atoms with E-state index < -0.39 is 11.6 Å². The van der Waals surface area contributed by atoms with Crippen molar-refractivity contribution in [2.24, 2.45) is 0 Å². The Bertz CT molecular complexity index is 1360. The highest BCUT2D eigenvalue weighted by Gasteiger charge is 2.53. The highest BCUT2D eigenvalue weighted by Crippen LogP contribution is 2.47. The maximum Gasteiger partial charge on any atom is 0.402 e. The van der Waals surface area contributed by atoms with Gasteiger partial charge >= 0.3 is 6.18 Å². The minimum Gasteiger partial charge on any atom is -0.508 e. The first-order valence-corrected chi connectivity index (χ1v) is 11.9. The van der Waals surface area contributed by atoms with E-state index in [1.807, 2.05) is 0 Å². The van der Waals surface area contributed by atoms with Gasteiger partial charge in [-0.25, -0.2) is 0 Å². The number of carbonyl (C=O) groups excluding carboxylic acids is 2. The van der Waals surface area contributed by atoms with Gasteiger partial charge in [0.2, 0.25) is 0 Å². The standard InChI is InChI=1S/C31H25F3O4/c1-30(31(32,33)34,24-12-14-26(35)22(16-24)18-28(37)20-8-4-2-5-9-20)25-13-15-27(36)23(17-25)19-29(38)21-10-6-3-7-11-21/h2-17,35-36H,18-19H2,1H3. The molecule has 0 bridgehead atoms. The molecule has 7 heteroatoms. The highest BCUT2D eigenvalue weighted by atomic mass is 19.4. The second kappa shape index (κ2) is 10.5. The molecule has 4 aromatic rings. The lowest BCUT2D eigenvalue weighted by molar-refractivity contribution is -0.173. The summed E-state index contributed by atoms with van der Waals surface area (Å²) in [5.41, 5.74) is -2.07. The predicted molar refractivity (Wildman–Crippen MR) is 138 cm³/mol. The number of carbonyl (C=O) groups is 2. The minimum absolute atomic E-state index is 0.0603. The number of hydrogen-bond acceptors (Lipinski definition) is 4. The Morgan fingerprint density at radius 2 is 1.00 bits per heavy atom. The molecule has 38 heavy (non-hydrogen) atoms. The van der Waals surface area contributed by atoms with Crippen LogP contribution in [0.3, 0.4) is 0 Å². The van der Waals surface area contributed by atoms with Crippen LogP contribution in [0, 0.1) is 0 Å². The summed E-state index contributed by atoms with van der Waals surface area (Å²) in [6, 6.07) is 23.6. The van der Waals surface area contributed by atoms with Gasteiger partial charge in [0, 0.05) is 35.1 Å². The first-order valence-electron chi connectivity index (χ1n) is 11.9. The minimum atomic E-state index is -4.79. The Morgan fingerprint density at radius 1 is 0.632 bits per heavy atom. The molecule has 0 heterocycles. The summed E-state index contributed by atoms with van der Waals surface area (Å²) in [5, 5.41) is 20.7. The number of phenols is 2. The van der Waals surface area contributed by atoms with E-state index in [9.17, 15) is 33.0 Å². The van der Waals surface area contributed by atoms with E-state index in [0.29, 0.717) is 11.1 Å². The first-order chi connectivity index (χ1) is 18.0. The van der Waals surface area contributed by atoms with Crippen LogP contribution in [0.2, 0.25) is 0 Å². The average molecular weight is 519 g/mol. The topological polar surface area (TPSA) is 74.6 Å². The Morgan fingerprint density at radius 3 is 1.34 bits per heavy atom. The van der Waals surface area contributed by atoms with Crippen molar-refractivity contribution in [1.29, 1.82) is 0 Å². The van der Waals surface area contributed by atoms with Gasteiger partial charge in [-0.3, -0.25) is 9.59 Å². The van der Waals surface area contributed by atoms with Gasteiger partial charge in [0.1, 0.15) is 16.9 Å². The lowest BCUT2D eigenvalue weighted by Gasteiger charge is -2.34. The van der Waals surface area contributed by atoms with Gasteiger partial charge in [0.15, 0.2) is 11.6 Å². The Hall–Kier alpha value is -4.39. The molecule has 0 aliphatic heterocycles. The van der Waals surface area contributed by atoms with Crippen LogP contribution in [0.1, 0.15) is 49.9 Å². The van der Waals surface area contributed by atoms with E-state index in [0.717, 1.165) is 19.1 Å². The molecule has 0 unspecified atom stereocenters. The zero-order valence-electron chi connectivity index (χ0n) is 20.5. The molecule has 0 amide bonds. The average Bonchev–Trinajstić information content (AvgIpc) is 2.91. The summed E-state index contributed by atoms with van der Waals surface area (Å²) in [7, 11) is 0. The number of ketones is 2. The lowest BCUT2D eigenvalue weighted by Crippen LogP contribution is -2.40. The van der Waals surface area contributed by atoms with E-state index in [-0.39, 0.29) is 58.2 Å². The van der Waals surface area contributed by atoms with Crippen LogP contribution in [0.4, 0.5) is 13.2 Å². The largest absolute Gasteiger partial charge is 0.508 e. The normalized spacial score (nSPS) is 11.8. The number of phenolic OH excluding ortho intramolecular Hbond substituents is 2. The van der Waals surface area contributed by atoms with E-state index >= 15 is 0 Å². The molecule has 0 saturated carbocycles. The quantitative estimate of drug-likeness (QED) is 0.251. The first kappa shape index (κ1) is 26.7. The number of aromatic hydroxyl groups is 2. The molecule has 194 valence electrons. The highest BCUT2D eigenvalue weighted by molar-refractivity contribution is 5.98. The number of rotatable bonds is 8. The van der Waals surface area contributed by atoms with Crippen molar-refractivity contribution in [2.45, 2.75) is 31.4 Å². The molecule has 0 aromatic heterocycles.